The van der Waals surface area contributed by atoms with Crippen LogP contribution in [0, 0.1) is 18.7 Å². The lowest BCUT2D eigenvalue weighted by Gasteiger charge is -2.31. The Morgan fingerprint density at radius 2 is 1.59 bits per heavy atom. The molecule has 3 aromatic carbocycles. The SMILES string of the molecule is Cc1ccc2c(oc3c(-c4cccc5c4CCCC5C4CCCC4)c(F)ccc32)c1-c1cccc[n+]1C. The van der Waals surface area contributed by atoms with E-state index >= 15 is 4.39 Å². The summed E-state index contributed by atoms with van der Waals surface area (Å²) in [5.74, 6) is 1.18. The molecule has 0 aliphatic heterocycles. The molecule has 1 saturated carbocycles. The molecule has 37 heavy (non-hydrogen) atoms. The number of hydrogen-bond acceptors (Lipinski definition) is 1. The Balaban J connectivity index is 1.48. The van der Waals surface area contributed by atoms with E-state index in [0.717, 1.165) is 51.1 Å². The molecule has 5 aromatic rings. The topological polar surface area (TPSA) is 17.0 Å². The van der Waals surface area contributed by atoms with Gasteiger partial charge in [-0.1, -0.05) is 43.2 Å². The molecule has 1 atom stereocenters. The van der Waals surface area contributed by atoms with Gasteiger partial charge in [0.05, 0.1) is 11.1 Å². The van der Waals surface area contributed by atoms with Crippen LogP contribution in [0.15, 0.2) is 71.3 Å². The molecule has 2 heterocycles. The molecule has 3 heteroatoms. The standard InChI is InChI=1S/C34H33FNO/c1-21-16-17-27-28-18-19-29(35)32(34(28)37-33(27)31(21)30-15-5-6-20-36(30)2)26-14-8-12-24-23(11-7-13-25(24)26)22-9-3-4-10-22/h5-6,8,12,14-20,22-23H,3-4,7,9-11,13H2,1-2H3/q+1. The van der Waals surface area contributed by atoms with E-state index in [0.29, 0.717) is 17.1 Å². The van der Waals surface area contributed by atoms with Crippen molar-refractivity contribution >= 4 is 21.9 Å². The quantitative estimate of drug-likeness (QED) is 0.231. The van der Waals surface area contributed by atoms with Crippen molar-refractivity contribution in [1.29, 1.82) is 0 Å². The number of aromatic nitrogens is 1. The minimum atomic E-state index is -0.202. The smallest absolute Gasteiger partial charge is 0.216 e. The Hall–Kier alpha value is -3.46. The Labute approximate surface area is 217 Å². The van der Waals surface area contributed by atoms with Crippen LogP contribution in [0.5, 0.6) is 0 Å². The van der Waals surface area contributed by atoms with Crippen molar-refractivity contribution < 1.29 is 13.4 Å². The molecule has 2 nitrogen and oxygen atoms in total. The minimum absolute atomic E-state index is 0.202. The number of fused-ring (bicyclic) bond motifs is 4. The fraction of sp³-hybridized carbons (Fsp3) is 0.324. The number of benzene rings is 3. The highest BCUT2D eigenvalue weighted by Crippen LogP contribution is 2.48. The van der Waals surface area contributed by atoms with Gasteiger partial charge in [0.1, 0.15) is 24.0 Å². The first-order valence-electron chi connectivity index (χ1n) is 13.8. The molecule has 1 unspecified atom stereocenters. The van der Waals surface area contributed by atoms with Crippen LogP contribution >= 0.6 is 0 Å². The average Bonchev–Trinajstić information content (AvgIpc) is 3.57. The van der Waals surface area contributed by atoms with Gasteiger partial charge in [0, 0.05) is 22.9 Å². The van der Waals surface area contributed by atoms with Gasteiger partial charge >= 0.3 is 0 Å². The van der Waals surface area contributed by atoms with Gasteiger partial charge in [-0.3, -0.25) is 0 Å². The Bertz CT molecular complexity index is 1660. The zero-order valence-electron chi connectivity index (χ0n) is 21.7. The Morgan fingerprint density at radius 1 is 0.811 bits per heavy atom. The number of nitrogens with zero attached hydrogens (tertiary/aromatic N) is 1. The van der Waals surface area contributed by atoms with E-state index in [1.54, 1.807) is 6.07 Å². The summed E-state index contributed by atoms with van der Waals surface area (Å²) < 4.78 is 24.6. The number of aryl methyl sites for hydroxylation is 2. The summed E-state index contributed by atoms with van der Waals surface area (Å²) in [6, 6.07) is 20.6. The van der Waals surface area contributed by atoms with Crippen LogP contribution in [0.1, 0.15) is 61.1 Å². The van der Waals surface area contributed by atoms with Gasteiger partial charge in [-0.05, 0) is 91.3 Å². The third-order valence-corrected chi connectivity index (χ3v) is 9.07. The summed E-state index contributed by atoms with van der Waals surface area (Å²) in [5, 5.41) is 2.02. The van der Waals surface area contributed by atoms with Crippen LogP contribution in [-0.4, -0.2) is 0 Å². The predicted molar refractivity (Wildman–Crippen MR) is 148 cm³/mol. The summed E-state index contributed by atoms with van der Waals surface area (Å²) in [6.07, 6.45) is 10.9. The molecule has 1 fully saturated rings. The second-order valence-electron chi connectivity index (χ2n) is 11.1. The fourth-order valence-electron chi connectivity index (χ4n) is 7.30. The van der Waals surface area contributed by atoms with Gasteiger partial charge in [0.2, 0.25) is 5.69 Å². The van der Waals surface area contributed by atoms with E-state index in [4.69, 9.17) is 4.42 Å². The van der Waals surface area contributed by atoms with E-state index < -0.39 is 0 Å². The van der Waals surface area contributed by atoms with Crippen molar-refractivity contribution in [1.82, 2.24) is 0 Å². The average molecular weight is 491 g/mol. The molecule has 7 rings (SSSR count). The molecule has 2 aliphatic carbocycles. The van der Waals surface area contributed by atoms with Crippen molar-refractivity contribution in [3.8, 4) is 22.4 Å². The first kappa shape index (κ1) is 22.7. The lowest BCUT2D eigenvalue weighted by atomic mass is 9.73. The van der Waals surface area contributed by atoms with E-state index in [1.165, 1.54) is 49.7 Å². The van der Waals surface area contributed by atoms with Gasteiger partial charge in [0.15, 0.2) is 6.20 Å². The van der Waals surface area contributed by atoms with Crippen molar-refractivity contribution in [2.75, 3.05) is 0 Å². The lowest BCUT2D eigenvalue weighted by Crippen LogP contribution is -2.30. The molecular formula is C34H33FNO+. The monoisotopic (exact) mass is 490 g/mol. The maximum Gasteiger partial charge on any atom is 0.216 e. The predicted octanol–water partition coefficient (Wildman–Crippen LogP) is 8.80. The van der Waals surface area contributed by atoms with E-state index in [9.17, 15) is 0 Å². The van der Waals surface area contributed by atoms with Gasteiger partial charge in [-0.15, -0.1) is 0 Å². The number of rotatable bonds is 3. The second kappa shape index (κ2) is 8.83. The zero-order chi connectivity index (χ0) is 25.1. The summed E-state index contributed by atoms with van der Waals surface area (Å²) in [6.45, 7) is 2.12. The normalized spacial score (nSPS) is 18.1. The maximum absolute atomic E-state index is 15.8. The molecule has 0 saturated heterocycles. The molecule has 2 aromatic heterocycles. The zero-order valence-corrected chi connectivity index (χ0v) is 21.7. The van der Waals surface area contributed by atoms with Crippen LogP contribution in [0.4, 0.5) is 4.39 Å². The summed E-state index contributed by atoms with van der Waals surface area (Å²) in [7, 11) is 2.05. The first-order chi connectivity index (χ1) is 18.1. The van der Waals surface area contributed by atoms with Crippen molar-refractivity contribution in [3.05, 3.63) is 89.4 Å². The molecule has 0 radical (unpaired) electrons. The molecule has 0 N–H and O–H groups in total. The Morgan fingerprint density at radius 3 is 2.41 bits per heavy atom. The first-order valence-corrected chi connectivity index (χ1v) is 13.8. The number of pyridine rings is 1. The van der Waals surface area contributed by atoms with Crippen LogP contribution in [0.2, 0.25) is 0 Å². The summed E-state index contributed by atoms with van der Waals surface area (Å²) in [5.41, 5.74) is 9.23. The van der Waals surface area contributed by atoms with Crippen LogP contribution in [0.25, 0.3) is 44.3 Å². The number of hydrogen-bond donors (Lipinski definition) is 0. The highest BCUT2D eigenvalue weighted by atomic mass is 19.1. The fourth-order valence-corrected chi connectivity index (χ4v) is 7.30. The van der Waals surface area contributed by atoms with Gasteiger partial charge in [-0.25, -0.2) is 8.96 Å². The van der Waals surface area contributed by atoms with Crippen LogP contribution < -0.4 is 4.57 Å². The molecule has 2 aliphatic rings. The Kier molecular flexibility index (Phi) is 5.42. The summed E-state index contributed by atoms with van der Waals surface area (Å²) in [4.78, 5) is 0. The van der Waals surface area contributed by atoms with Crippen LogP contribution in [-0.2, 0) is 13.5 Å². The third kappa shape index (κ3) is 3.54. The maximum atomic E-state index is 15.8. The lowest BCUT2D eigenvalue weighted by molar-refractivity contribution is -0.660. The van der Waals surface area contributed by atoms with Crippen molar-refractivity contribution in [3.63, 3.8) is 0 Å². The van der Waals surface area contributed by atoms with Crippen molar-refractivity contribution in [2.24, 2.45) is 13.0 Å². The number of halogens is 1. The second-order valence-corrected chi connectivity index (χ2v) is 11.1. The number of furan rings is 1. The van der Waals surface area contributed by atoms with Crippen molar-refractivity contribution in [2.45, 2.75) is 57.8 Å². The highest BCUT2D eigenvalue weighted by molar-refractivity contribution is 6.13. The van der Waals surface area contributed by atoms with Gasteiger partial charge < -0.3 is 4.42 Å². The van der Waals surface area contributed by atoms with Gasteiger partial charge in [-0.2, -0.15) is 0 Å². The van der Waals surface area contributed by atoms with E-state index in [1.807, 2.05) is 12.1 Å². The van der Waals surface area contributed by atoms with Gasteiger partial charge in [0.25, 0.3) is 0 Å². The molecular weight excluding hydrogens is 457 g/mol. The minimum Gasteiger partial charge on any atom is -0.454 e. The van der Waals surface area contributed by atoms with E-state index in [2.05, 4.69) is 67.2 Å². The highest BCUT2D eigenvalue weighted by Gasteiger charge is 2.32. The van der Waals surface area contributed by atoms with Crippen LogP contribution in [0.3, 0.4) is 0 Å². The largest absolute Gasteiger partial charge is 0.454 e. The third-order valence-electron chi connectivity index (χ3n) is 9.07. The molecule has 0 amide bonds. The molecule has 0 spiro atoms. The molecule has 0 bridgehead atoms. The van der Waals surface area contributed by atoms with E-state index in [-0.39, 0.29) is 5.82 Å². The molecule has 186 valence electrons. The summed E-state index contributed by atoms with van der Waals surface area (Å²) >= 11 is 0.